The van der Waals surface area contributed by atoms with E-state index in [1.807, 2.05) is 36.4 Å². The van der Waals surface area contributed by atoms with Crippen molar-refractivity contribution < 1.29 is 9.53 Å². The first kappa shape index (κ1) is 18.6. The highest BCUT2D eigenvalue weighted by atomic mass is 32.2. The second-order valence-corrected chi connectivity index (χ2v) is 8.23. The van der Waals surface area contributed by atoms with Crippen molar-refractivity contribution in [2.24, 2.45) is 0 Å². The zero-order valence-electron chi connectivity index (χ0n) is 15.0. The van der Waals surface area contributed by atoms with Crippen LogP contribution in [0.3, 0.4) is 0 Å². The van der Waals surface area contributed by atoms with Crippen LogP contribution in [0.1, 0.15) is 12.0 Å². The number of morpholine rings is 1. The first-order valence-electron chi connectivity index (χ1n) is 9.11. The van der Waals surface area contributed by atoms with Gasteiger partial charge >= 0.3 is 0 Å². The third-order valence-corrected chi connectivity index (χ3v) is 6.18. The van der Waals surface area contributed by atoms with Crippen molar-refractivity contribution >= 4 is 51.2 Å². The summed E-state index contributed by atoms with van der Waals surface area (Å²) in [5.74, 6) is 0.00729. The van der Waals surface area contributed by atoms with Crippen LogP contribution >= 0.6 is 24.0 Å². The van der Waals surface area contributed by atoms with Gasteiger partial charge in [-0.15, -0.1) is 0 Å². The predicted molar refractivity (Wildman–Crippen MR) is 113 cm³/mol. The number of benzene rings is 1. The molecule has 2 fully saturated rings. The number of carbonyl (C=O) groups is 1. The van der Waals surface area contributed by atoms with Gasteiger partial charge in [-0.25, -0.2) is 0 Å². The zero-order valence-corrected chi connectivity index (χ0v) is 16.6. The number of hydrogen-bond donors (Lipinski definition) is 0. The smallest absolute Gasteiger partial charge is 0.266 e. The third-order valence-electron chi connectivity index (χ3n) is 4.80. The lowest BCUT2D eigenvalue weighted by Crippen LogP contribution is -2.38. The largest absolute Gasteiger partial charge is 0.379 e. The fourth-order valence-electron chi connectivity index (χ4n) is 3.36. The molecule has 0 atom stereocenters. The SMILES string of the molecule is O=C1C(=Cc2ccnc3ccccc23)SC(=S)N1CCCN1CCOCC1. The Kier molecular flexibility index (Phi) is 5.83. The first-order chi connectivity index (χ1) is 13.2. The lowest BCUT2D eigenvalue weighted by Gasteiger charge is -2.27. The Morgan fingerprint density at radius 1 is 1.19 bits per heavy atom. The number of aromatic nitrogens is 1. The van der Waals surface area contributed by atoms with Crippen molar-refractivity contribution in [1.29, 1.82) is 0 Å². The van der Waals surface area contributed by atoms with E-state index >= 15 is 0 Å². The van der Waals surface area contributed by atoms with Gasteiger partial charge in [0.2, 0.25) is 0 Å². The second-order valence-electron chi connectivity index (χ2n) is 6.56. The number of carbonyl (C=O) groups excluding carboxylic acids is 1. The van der Waals surface area contributed by atoms with Crippen LogP contribution in [0.25, 0.3) is 17.0 Å². The minimum Gasteiger partial charge on any atom is -0.379 e. The van der Waals surface area contributed by atoms with Gasteiger partial charge in [-0.3, -0.25) is 19.6 Å². The molecule has 4 rings (SSSR count). The highest BCUT2D eigenvalue weighted by molar-refractivity contribution is 8.26. The molecule has 1 aromatic heterocycles. The molecule has 1 aromatic carbocycles. The molecule has 2 aliphatic rings. The molecule has 2 aromatic rings. The fourth-order valence-corrected chi connectivity index (χ4v) is 4.65. The van der Waals surface area contributed by atoms with E-state index in [0.717, 1.165) is 55.7 Å². The standard InChI is InChI=1S/C20H21N3O2S2/c24-19-18(14-15-6-7-21-17-5-2-1-4-16(15)17)27-20(26)23(19)9-3-8-22-10-12-25-13-11-22/h1-2,4-7,14H,3,8-13H2. The molecule has 0 aliphatic carbocycles. The van der Waals surface area contributed by atoms with E-state index in [1.165, 1.54) is 11.8 Å². The van der Waals surface area contributed by atoms with Crippen molar-refractivity contribution in [3.8, 4) is 0 Å². The van der Waals surface area contributed by atoms with E-state index in [0.29, 0.717) is 15.8 Å². The lowest BCUT2D eigenvalue weighted by atomic mass is 10.1. The Morgan fingerprint density at radius 3 is 2.85 bits per heavy atom. The number of ether oxygens (including phenoxy) is 1. The Labute approximate surface area is 168 Å². The zero-order chi connectivity index (χ0) is 18.6. The Bertz CT molecular complexity index is 888. The van der Waals surface area contributed by atoms with Gasteiger partial charge in [0.25, 0.3) is 5.91 Å². The average molecular weight is 400 g/mol. The second kappa shape index (κ2) is 8.48. The number of amides is 1. The van der Waals surface area contributed by atoms with Gasteiger partial charge in [0.1, 0.15) is 4.32 Å². The van der Waals surface area contributed by atoms with Gasteiger partial charge in [-0.05, 0) is 30.2 Å². The third kappa shape index (κ3) is 4.21. The molecule has 0 radical (unpaired) electrons. The van der Waals surface area contributed by atoms with Crippen LogP contribution in [0.15, 0.2) is 41.4 Å². The van der Waals surface area contributed by atoms with E-state index in [1.54, 1.807) is 11.1 Å². The van der Waals surface area contributed by atoms with Gasteiger partial charge < -0.3 is 4.74 Å². The number of nitrogens with zero attached hydrogens (tertiary/aromatic N) is 3. The average Bonchev–Trinajstić information content (AvgIpc) is 2.96. The van der Waals surface area contributed by atoms with Crippen LogP contribution in [0.5, 0.6) is 0 Å². The van der Waals surface area contributed by atoms with Crippen molar-refractivity contribution in [3.63, 3.8) is 0 Å². The number of fused-ring (bicyclic) bond motifs is 1. The molecule has 0 bridgehead atoms. The van der Waals surface area contributed by atoms with Crippen LogP contribution in [-0.4, -0.2) is 64.4 Å². The van der Waals surface area contributed by atoms with Crippen LogP contribution in [0.2, 0.25) is 0 Å². The van der Waals surface area contributed by atoms with E-state index in [9.17, 15) is 4.79 Å². The maximum Gasteiger partial charge on any atom is 0.266 e. The van der Waals surface area contributed by atoms with E-state index in [-0.39, 0.29) is 5.91 Å². The van der Waals surface area contributed by atoms with Gasteiger partial charge in [0, 0.05) is 37.8 Å². The van der Waals surface area contributed by atoms with Crippen LogP contribution < -0.4 is 0 Å². The number of pyridine rings is 1. The van der Waals surface area contributed by atoms with Crippen molar-refractivity contribution in [1.82, 2.24) is 14.8 Å². The predicted octanol–water partition coefficient (Wildman–Crippen LogP) is 3.16. The molecular weight excluding hydrogens is 378 g/mol. The molecule has 140 valence electrons. The van der Waals surface area contributed by atoms with E-state index in [2.05, 4.69) is 9.88 Å². The van der Waals surface area contributed by atoms with E-state index < -0.39 is 0 Å². The highest BCUT2D eigenvalue weighted by Crippen LogP contribution is 2.33. The van der Waals surface area contributed by atoms with Crippen molar-refractivity contribution in [3.05, 3.63) is 47.0 Å². The lowest BCUT2D eigenvalue weighted by molar-refractivity contribution is -0.122. The van der Waals surface area contributed by atoms with Crippen molar-refractivity contribution in [2.75, 3.05) is 39.4 Å². The van der Waals surface area contributed by atoms with Gasteiger partial charge in [-0.1, -0.05) is 42.2 Å². The molecule has 0 N–H and O–H groups in total. The normalized spacial score (nSPS) is 20.1. The number of thioether (sulfide) groups is 1. The Morgan fingerprint density at radius 2 is 2.00 bits per heavy atom. The minimum absolute atomic E-state index is 0.00729. The molecule has 2 saturated heterocycles. The topological polar surface area (TPSA) is 45.7 Å². The van der Waals surface area contributed by atoms with Crippen LogP contribution in [0.4, 0.5) is 0 Å². The Balaban J connectivity index is 1.44. The minimum atomic E-state index is 0.00729. The summed E-state index contributed by atoms with van der Waals surface area (Å²) >= 11 is 6.84. The van der Waals surface area contributed by atoms with Crippen LogP contribution in [0, 0.1) is 0 Å². The molecule has 0 saturated carbocycles. The van der Waals surface area contributed by atoms with Gasteiger partial charge in [0.05, 0.1) is 23.6 Å². The fraction of sp³-hybridized carbons (Fsp3) is 0.350. The summed E-state index contributed by atoms with van der Waals surface area (Å²) in [5, 5.41) is 1.04. The molecular formula is C20H21N3O2S2. The number of rotatable bonds is 5. The van der Waals surface area contributed by atoms with Crippen LogP contribution in [-0.2, 0) is 9.53 Å². The summed E-state index contributed by atoms with van der Waals surface area (Å²) in [6.45, 7) is 5.15. The molecule has 0 spiro atoms. The summed E-state index contributed by atoms with van der Waals surface area (Å²) in [7, 11) is 0. The molecule has 1 amide bonds. The van der Waals surface area contributed by atoms with Crippen molar-refractivity contribution in [2.45, 2.75) is 6.42 Å². The summed E-state index contributed by atoms with van der Waals surface area (Å²) in [6.07, 6.45) is 4.63. The molecule has 27 heavy (non-hydrogen) atoms. The summed E-state index contributed by atoms with van der Waals surface area (Å²) in [4.78, 5) is 22.0. The molecule has 0 unspecified atom stereocenters. The molecule has 5 nitrogen and oxygen atoms in total. The highest BCUT2D eigenvalue weighted by Gasteiger charge is 2.31. The summed E-state index contributed by atoms with van der Waals surface area (Å²) in [5.41, 5.74) is 1.92. The quantitative estimate of drug-likeness (QED) is 0.569. The van der Waals surface area contributed by atoms with Gasteiger partial charge in [-0.2, -0.15) is 0 Å². The molecule has 3 heterocycles. The maximum atomic E-state index is 12.8. The van der Waals surface area contributed by atoms with Gasteiger partial charge in [0.15, 0.2) is 0 Å². The summed E-state index contributed by atoms with van der Waals surface area (Å²) < 4.78 is 6.02. The van der Waals surface area contributed by atoms with E-state index in [4.69, 9.17) is 17.0 Å². The molecule has 2 aliphatic heterocycles. The molecule has 7 heteroatoms. The summed E-state index contributed by atoms with van der Waals surface area (Å²) in [6, 6.07) is 9.89. The Hall–Kier alpha value is -1.80. The number of para-hydroxylation sites is 1. The first-order valence-corrected chi connectivity index (χ1v) is 10.3. The number of hydrogen-bond acceptors (Lipinski definition) is 6. The number of thiocarbonyl (C=S) groups is 1. The monoisotopic (exact) mass is 399 g/mol. The maximum absolute atomic E-state index is 12.8.